The summed E-state index contributed by atoms with van der Waals surface area (Å²) >= 11 is 1.12. The first-order chi connectivity index (χ1) is 15.4. The van der Waals surface area contributed by atoms with Gasteiger partial charge < -0.3 is 14.6 Å². The molecule has 2 heterocycles. The monoisotopic (exact) mass is 458 g/mol. The van der Waals surface area contributed by atoms with Crippen molar-refractivity contribution >= 4 is 28.3 Å². The first-order valence-electron chi connectivity index (χ1n) is 9.35. The van der Waals surface area contributed by atoms with Crippen molar-refractivity contribution in [2.45, 2.75) is 0 Å². The molecule has 0 bridgehead atoms. The number of methoxy groups -OCH3 is 1. The molecule has 0 radical (unpaired) electrons. The number of benzene rings is 2. The van der Waals surface area contributed by atoms with Crippen LogP contribution in [0, 0.1) is 5.82 Å². The number of phenolic OH excluding ortho intramolecular Hbond substituents is 1. The van der Waals surface area contributed by atoms with E-state index in [4.69, 9.17) is 9.47 Å². The number of esters is 1. The average Bonchev–Trinajstić information content (AvgIpc) is 3.34. The fourth-order valence-electron chi connectivity index (χ4n) is 3.05. The van der Waals surface area contributed by atoms with E-state index in [1.54, 1.807) is 18.3 Å². The summed E-state index contributed by atoms with van der Waals surface area (Å²) < 4.78 is 37.4. The Morgan fingerprint density at radius 2 is 2.03 bits per heavy atom. The third kappa shape index (κ3) is 4.04. The molecule has 0 unspecified atom stereocenters. The fourth-order valence-corrected chi connectivity index (χ4v) is 4.00. The van der Waals surface area contributed by atoms with Gasteiger partial charge in [-0.05, 0) is 35.9 Å². The van der Waals surface area contributed by atoms with Crippen LogP contribution in [0.5, 0.6) is 11.5 Å². The molecule has 0 spiro atoms. The molecule has 164 valence electrons. The summed E-state index contributed by atoms with van der Waals surface area (Å²) in [6.45, 7) is -1.05. The van der Waals surface area contributed by atoms with E-state index in [0.29, 0.717) is 26.3 Å². The van der Waals surface area contributed by atoms with Crippen molar-refractivity contribution in [1.29, 1.82) is 0 Å². The van der Waals surface area contributed by atoms with E-state index in [1.165, 1.54) is 35.8 Å². The maximum Gasteiger partial charge on any atom is 0.338 e. The van der Waals surface area contributed by atoms with Gasteiger partial charge in [-0.25, -0.2) is 18.6 Å². The number of nitrogens with zero attached hydrogens (tertiary/aromatic N) is 2. The normalized spacial score (nSPS) is 11.8. The molecule has 0 atom stereocenters. The molecular weight excluding hydrogens is 442 g/mol. The average molecular weight is 458 g/mol. The second-order valence-corrected chi connectivity index (χ2v) is 7.66. The summed E-state index contributed by atoms with van der Waals surface area (Å²) in [5.41, 5.74) is 1.51. The van der Waals surface area contributed by atoms with Crippen molar-refractivity contribution in [3.8, 4) is 22.8 Å². The summed E-state index contributed by atoms with van der Waals surface area (Å²) in [6.07, 6.45) is 3.06. The fraction of sp³-hybridized carbons (Fsp3) is 0.136. The largest absolute Gasteiger partial charge is 0.502 e. The van der Waals surface area contributed by atoms with Crippen LogP contribution < -0.4 is 14.8 Å². The van der Waals surface area contributed by atoms with Crippen molar-refractivity contribution in [2.24, 2.45) is 0 Å². The van der Waals surface area contributed by atoms with E-state index in [1.807, 2.05) is 0 Å². The van der Waals surface area contributed by atoms with E-state index >= 15 is 0 Å². The quantitative estimate of drug-likeness (QED) is 0.447. The number of carbonyl (C=O) groups excluding carboxylic acids is 1. The zero-order valence-corrected chi connectivity index (χ0v) is 17.5. The highest BCUT2D eigenvalue weighted by Crippen LogP contribution is 2.30. The first kappa shape index (κ1) is 21.4. The number of aromatic hydroxyl groups is 1. The minimum atomic E-state index is -0.858. The first-order valence-corrected chi connectivity index (χ1v) is 10.2. The third-order valence-electron chi connectivity index (χ3n) is 4.60. The predicted octanol–water partition coefficient (Wildman–Crippen LogP) is 2.95. The smallest absolute Gasteiger partial charge is 0.338 e. The van der Waals surface area contributed by atoms with E-state index < -0.39 is 24.2 Å². The van der Waals surface area contributed by atoms with Crippen molar-refractivity contribution < 1.29 is 28.2 Å². The van der Waals surface area contributed by atoms with Gasteiger partial charge in [0.05, 0.1) is 22.9 Å². The van der Waals surface area contributed by atoms with E-state index in [9.17, 15) is 23.5 Å². The van der Waals surface area contributed by atoms with Crippen LogP contribution in [0.15, 0.2) is 47.4 Å². The van der Waals surface area contributed by atoms with Gasteiger partial charge >= 0.3 is 5.97 Å². The number of phenols is 1. The van der Waals surface area contributed by atoms with Crippen LogP contribution in [-0.4, -0.2) is 40.9 Å². The number of rotatable bonds is 6. The minimum Gasteiger partial charge on any atom is -0.502 e. The predicted molar refractivity (Wildman–Crippen MR) is 114 cm³/mol. The van der Waals surface area contributed by atoms with Gasteiger partial charge in [-0.1, -0.05) is 23.5 Å². The van der Waals surface area contributed by atoms with Gasteiger partial charge in [-0.15, -0.1) is 0 Å². The molecule has 4 rings (SSSR count). The SMILES string of the molecule is COc1cc(C=c2sc3nc(-c4ccc(C(=O)OCCF)cc4)cn3c2=O)cc(F)c1O. The van der Waals surface area contributed by atoms with Crippen molar-refractivity contribution in [3.63, 3.8) is 0 Å². The molecule has 0 fully saturated rings. The summed E-state index contributed by atoms with van der Waals surface area (Å²) in [4.78, 5) is 29.4. The van der Waals surface area contributed by atoms with Crippen LogP contribution in [0.3, 0.4) is 0 Å². The Balaban J connectivity index is 1.65. The highest BCUT2D eigenvalue weighted by Gasteiger charge is 2.13. The standard InChI is InChI=1S/C22H16F2N2O5S/c1-30-17-9-12(8-15(24)19(17)27)10-18-20(28)26-11-16(25-22(26)32-18)13-2-4-14(5-3-13)21(29)31-7-6-23/h2-5,8-11,27H,6-7H2,1H3. The van der Waals surface area contributed by atoms with Crippen molar-refractivity contribution in [1.82, 2.24) is 9.38 Å². The van der Waals surface area contributed by atoms with E-state index in [2.05, 4.69) is 4.98 Å². The Morgan fingerprint density at radius 1 is 1.28 bits per heavy atom. The third-order valence-corrected chi connectivity index (χ3v) is 5.58. The molecule has 1 N–H and O–H groups in total. The van der Waals surface area contributed by atoms with E-state index in [-0.39, 0.29) is 23.5 Å². The Hall–Kier alpha value is -3.79. The second kappa shape index (κ2) is 8.75. The number of imidazole rings is 1. The molecule has 0 aliphatic rings. The molecule has 2 aromatic heterocycles. The second-order valence-electron chi connectivity index (χ2n) is 6.65. The maximum atomic E-state index is 13.9. The molecule has 0 aliphatic heterocycles. The Bertz CT molecular complexity index is 1410. The van der Waals surface area contributed by atoms with E-state index in [0.717, 1.165) is 17.4 Å². The Kier molecular flexibility index (Phi) is 5.87. The molecule has 0 amide bonds. The minimum absolute atomic E-state index is 0.0376. The highest BCUT2D eigenvalue weighted by atomic mass is 32.1. The summed E-state index contributed by atoms with van der Waals surface area (Å²) in [5, 5.41) is 9.62. The lowest BCUT2D eigenvalue weighted by molar-refractivity contribution is 0.0481. The topological polar surface area (TPSA) is 90.1 Å². The van der Waals surface area contributed by atoms with Crippen LogP contribution in [0.25, 0.3) is 22.3 Å². The number of thiazole rings is 1. The van der Waals surface area contributed by atoms with Crippen LogP contribution in [-0.2, 0) is 4.74 Å². The van der Waals surface area contributed by atoms with Gasteiger partial charge in [0.2, 0.25) is 0 Å². The number of alkyl halides is 1. The van der Waals surface area contributed by atoms with Crippen LogP contribution in [0.1, 0.15) is 15.9 Å². The number of hydrogen-bond donors (Lipinski definition) is 1. The molecular formula is C22H16F2N2O5S. The molecule has 32 heavy (non-hydrogen) atoms. The molecule has 10 heteroatoms. The lowest BCUT2D eigenvalue weighted by atomic mass is 10.1. The number of carbonyl (C=O) groups is 1. The molecule has 2 aromatic carbocycles. The lowest BCUT2D eigenvalue weighted by Crippen LogP contribution is -2.22. The number of ether oxygens (including phenoxy) is 2. The lowest BCUT2D eigenvalue weighted by Gasteiger charge is -2.04. The maximum absolute atomic E-state index is 13.9. The summed E-state index contributed by atoms with van der Waals surface area (Å²) in [6, 6.07) is 8.90. The summed E-state index contributed by atoms with van der Waals surface area (Å²) in [7, 11) is 1.30. The number of aromatic nitrogens is 2. The zero-order valence-electron chi connectivity index (χ0n) is 16.7. The van der Waals surface area contributed by atoms with Gasteiger partial charge in [0.15, 0.2) is 22.3 Å². The molecule has 0 saturated heterocycles. The van der Waals surface area contributed by atoms with Gasteiger partial charge in [0.25, 0.3) is 5.56 Å². The van der Waals surface area contributed by atoms with Gasteiger partial charge in [0, 0.05) is 11.8 Å². The van der Waals surface area contributed by atoms with Crippen molar-refractivity contribution in [2.75, 3.05) is 20.4 Å². The van der Waals surface area contributed by atoms with Crippen LogP contribution in [0.4, 0.5) is 8.78 Å². The number of hydrogen-bond acceptors (Lipinski definition) is 7. The highest BCUT2D eigenvalue weighted by molar-refractivity contribution is 7.15. The van der Waals surface area contributed by atoms with Gasteiger partial charge in [-0.3, -0.25) is 9.20 Å². The molecule has 0 saturated carbocycles. The zero-order chi connectivity index (χ0) is 22.8. The van der Waals surface area contributed by atoms with Gasteiger partial charge in [-0.2, -0.15) is 0 Å². The number of fused-ring (bicyclic) bond motifs is 1. The molecule has 7 nitrogen and oxygen atoms in total. The van der Waals surface area contributed by atoms with Crippen molar-refractivity contribution in [3.05, 3.63) is 74.4 Å². The Labute approximate surface area is 183 Å². The molecule has 4 aromatic rings. The Morgan fingerprint density at radius 3 is 2.69 bits per heavy atom. The van der Waals surface area contributed by atoms with Crippen LogP contribution >= 0.6 is 11.3 Å². The van der Waals surface area contributed by atoms with Crippen LogP contribution in [0.2, 0.25) is 0 Å². The molecule has 0 aliphatic carbocycles. The van der Waals surface area contributed by atoms with Gasteiger partial charge in [0.1, 0.15) is 13.3 Å². The summed E-state index contributed by atoms with van der Waals surface area (Å²) in [5.74, 6) is -2.11. The number of halogens is 2.